The number of rotatable bonds is 6. The summed E-state index contributed by atoms with van der Waals surface area (Å²) in [6.45, 7) is 4.18. The maximum Gasteiger partial charge on any atom is 0.161 e. The fourth-order valence-corrected chi connectivity index (χ4v) is 2.10. The van der Waals surface area contributed by atoms with Crippen LogP contribution in [0.1, 0.15) is 37.8 Å². The number of hydrogen-bond acceptors (Lipinski definition) is 4. The molecule has 4 nitrogen and oxygen atoms in total. The van der Waals surface area contributed by atoms with Gasteiger partial charge in [-0.2, -0.15) is 5.26 Å². The second kappa shape index (κ2) is 7.01. The average molecular weight is 260 g/mol. The molecular formula is C15H20N2O2. The lowest BCUT2D eigenvalue weighted by Gasteiger charge is -2.20. The van der Waals surface area contributed by atoms with Gasteiger partial charge in [0.2, 0.25) is 0 Å². The van der Waals surface area contributed by atoms with Crippen LogP contribution in [0.15, 0.2) is 18.2 Å². The highest BCUT2D eigenvalue weighted by Crippen LogP contribution is 2.32. The number of nitrogens with zero attached hydrogens (tertiary/aromatic N) is 1. The second-order valence-corrected chi connectivity index (χ2v) is 4.63. The van der Waals surface area contributed by atoms with E-state index >= 15 is 0 Å². The minimum Gasteiger partial charge on any atom is -0.486 e. The van der Waals surface area contributed by atoms with Crippen LogP contribution < -0.4 is 14.8 Å². The van der Waals surface area contributed by atoms with Gasteiger partial charge in [0.1, 0.15) is 19.3 Å². The normalized spacial score (nSPS) is 14.7. The number of fused-ring (bicyclic) bond motifs is 1. The number of nitriles is 1. The van der Waals surface area contributed by atoms with Gasteiger partial charge in [-0.05, 0) is 30.7 Å². The molecule has 0 bridgehead atoms. The molecule has 1 atom stereocenters. The minimum atomic E-state index is -0.285. The van der Waals surface area contributed by atoms with Crippen molar-refractivity contribution in [1.29, 1.82) is 5.26 Å². The maximum absolute atomic E-state index is 9.26. The molecule has 1 N–H and O–H groups in total. The SMILES string of the molecule is CCCCCNC(C#N)c1ccc2c(c1)OCCO2. The molecule has 1 heterocycles. The van der Waals surface area contributed by atoms with E-state index in [0.29, 0.717) is 13.2 Å². The van der Waals surface area contributed by atoms with Crippen molar-refractivity contribution in [2.45, 2.75) is 32.2 Å². The number of benzene rings is 1. The fourth-order valence-electron chi connectivity index (χ4n) is 2.10. The largest absolute Gasteiger partial charge is 0.486 e. The first kappa shape index (κ1) is 13.7. The minimum absolute atomic E-state index is 0.285. The second-order valence-electron chi connectivity index (χ2n) is 4.63. The zero-order valence-corrected chi connectivity index (χ0v) is 11.3. The Morgan fingerprint density at radius 2 is 2.05 bits per heavy atom. The molecule has 1 aliphatic rings. The molecule has 1 aromatic carbocycles. The van der Waals surface area contributed by atoms with Gasteiger partial charge < -0.3 is 9.47 Å². The summed E-state index contributed by atoms with van der Waals surface area (Å²) in [5.41, 5.74) is 0.934. The molecule has 0 saturated heterocycles. The van der Waals surface area contributed by atoms with Crippen molar-refractivity contribution in [3.63, 3.8) is 0 Å². The molecule has 0 fully saturated rings. The summed E-state index contributed by atoms with van der Waals surface area (Å²) in [5.74, 6) is 1.50. The van der Waals surface area contributed by atoms with Gasteiger partial charge >= 0.3 is 0 Å². The quantitative estimate of drug-likeness (QED) is 0.799. The Morgan fingerprint density at radius 1 is 1.26 bits per heavy atom. The molecule has 0 aliphatic carbocycles. The lowest BCUT2D eigenvalue weighted by atomic mass is 10.1. The molecule has 19 heavy (non-hydrogen) atoms. The Labute approximate surface area is 114 Å². The summed E-state index contributed by atoms with van der Waals surface area (Å²) in [4.78, 5) is 0. The topological polar surface area (TPSA) is 54.3 Å². The van der Waals surface area contributed by atoms with Crippen molar-refractivity contribution >= 4 is 0 Å². The third-order valence-corrected chi connectivity index (χ3v) is 3.16. The van der Waals surface area contributed by atoms with Crippen molar-refractivity contribution in [2.75, 3.05) is 19.8 Å². The number of unbranched alkanes of at least 4 members (excludes halogenated alkanes) is 2. The first-order valence-corrected chi connectivity index (χ1v) is 6.87. The van der Waals surface area contributed by atoms with Gasteiger partial charge in [0, 0.05) is 0 Å². The van der Waals surface area contributed by atoms with E-state index in [2.05, 4.69) is 18.3 Å². The van der Waals surface area contributed by atoms with Crippen LogP contribution in [-0.2, 0) is 0 Å². The summed E-state index contributed by atoms with van der Waals surface area (Å²) >= 11 is 0. The Balaban J connectivity index is 2.00. The summed E-state index contributed by atoms with van der Waals surface area (Å²) in [6, 6.07) is 7.71. The Morgan fingerprint density at radius 3 is 2.79 bits per heavy atom. The molecule has 1 unspecified atom stereocenters. The predicted octanol–water partition coefficient (Wildman–Crippen LogP) is 2.80. The Bertz CT molecular complexity index is 454. The van der Waals surface area contributed by atoms with Crippen LogP contribution in [0.25, 0.3) is 0 Å². The number of nitrogens with one attached hydrogen (secondary N) is 1. The third-order valence-electron chi connectivity index (χ3n) is 3.16. The highest BCUT2D eigenvalue weighted by molar-refractivity contribution is 5.45. The summed E-state index contributed by atoms with van der Waals surface area (Å²) < 4.78 is 11.0. The van der Waals surface area contributed by atoms with Gasteiger partial charge in [0.15, 0.2) is 11.5 Å². The first-order chi connectivity index (χ1) is 9.35. The van der Waals surface area contributed by atoms with Gasteiger partial charge in [0.05, 0.1) is 6.07 Å². The summed E-state index contributed by atoms with van der Waals surface area (Å²) in [6.07, 6.45) is 3.47. The first-order valence-electron chi connectivity index (χ1n) is 6.87. The summed E-state index contributed by atoms with van der Waals surface area (Å²) in [7, 11) is 0. The van der Waals surface area contributed by atoms with Crippen LogP contribution in [0, 0.1) is 11.3 Å². The standard InChI is InChI=1S/C15H20N2O2/c1-2-3-4-7-17-13(11-16)12-5-6-14-15(10-12)19-9-8-18-14/h5-6,10,13,17H,2-4,7-9H2,1H3. The molecule has 4 heteroatoms. The predicted molar refractivity (Wildman–Crippen MR) is 73.3 cm³/mol. The summed E-state index contributed by atoms with van der Waals surface area (Å²) in [5, 5.41) is 12.5. The maximum atomic E-state index is 9.26. The number of ether oxygens (including phenoxy) is 2. The van der Waals surface area contributed by atoms with E-state index < -0.39 is 0 Å². The highest BCUT2D eigenvalue weighted by Gasteiger charge is 2.16. The zero-order chi connectivity index (χ0) is 13.5. The van der Waals surface area contributed by atoms with Crippen molar-refractivity contribution in [1.82, 2.24) is 5.32 Å². The monoisotopic (exact) mass is 260 g/mol. The van der Waals surface area contributed by atoms with E-state index in [4.69, 9.17) is 9.47 Å². The van der Waals surface area contributed by atoms with Crippen molar-refractivity contribution in [3.05, 3.63) is 23.8 Å². The van der Waals surface area contributed by atoms with Crippen molar-refractivity contribution in [3.8, 4) is 17.6 Å². The van der Waals surface area contributed by atoms with Crippen molar-refractivity contribution < 1.29 is 9.47 Å². The lowest BCUT2D eigenvalue weighted by molar-refractivity contribution is 0.171. The van der Waals surface area contributed by atoms with E-state index in [0.717, 1.165) is 30.0 Å². The molecule has 0 saturated carbocycles. The van der Waals surface area contributed by atoms with Gasteiger partial charge in [0.25, 0.3) is 0 Å². The number of hydrogen-bond donors (Lipinski definition) is 1. The smallest absolute Gasteiger partial charge is 0.161 e. The molecule has 0 radical (unpaired) electrons. The van der Waals surface area contributed by atoms with Crippen LogP contribution in [0.3, 0.4) is 0 Å². The molecule has 1 aliphatic heterocycles. The van der Waals surface area contributed by atoms with Crippen molar-refractivity contribution in [2.24, 2.45) is 0 Å². The van der Waals surface area contributed by atoms with Gasteiger partial charge in [-0.3, -0.25) is 5.32 Å². The van der Waals surface area contributed by atoms with Gasteiger partial charge in [-0.15, -0.1) is 0 Å². The van der Waals surface area contributed by atoms with Gasteiger partial charge in [-0.1, -0.05) is 25.8 Å². The van der Waals surface area contributed by atoms with E-state index in [1.54, 1.807) is 0 Å². The van der Waals surface area contributed by atoms with Crippen LogP contribution in [0.4, 0.5) is 0 Å². The molecule has 0 spiro atoms. The zero-order valence-electron chi connectivity index (χ0n) is 11.3. The van der Waals surface area contributed by atoms with E-state index in [-0.39, 0.29) is 6.04 Å². The Hall–Kier alpha value is -1.73. The molecule has 102 valence electrons. The van der Waals surface area contributed by atoms with Crippen LogP contribution in [-0.4, -0.2) is 19.8 Å². The van der Waals surface area contributed by atoms with E-state index in [1.807, 2.05) is 18.2 Å². The lowest BCUT2D eigenvalue weighted by Crippen LogP contribution is -2.22. The highest BCUT2D eigenvalue weighted by atomic mass is 16.6. The molecule has 0 amide bonds. The van der Waals surface area contributed by atoms with Crippen LogP contribution in [0.5, 0.6) is 11.5 Å². The van der Waals surface area contributed by atoms with E-state index in [1.165, 1.54) is 12.8 Å². The Kier molecular flexibility index (Phi) is 5.05. The average Bonchev–Trinajstić information content (AvgIpc) is 2.47. The molecule has 2 rings (SSSR count). The molecule has 0 aromatic heterocycles. The molecule has 1 aromatic rings. The third kappa shape index (κ3) is 3.62. The fraction of sp³-hybridized carbons (Fsp3) is 0.533. The van der Waals surface area contributed by atoms with E-state index in [9.17, 15) is 5.26 Å². The van der Waals surface area contributed by atoms with Crippen LogP contribution in [0.2, 0.25) is 0 Å². The van der Waals surface area contributed by atoms with Gasteiger partial charge in [-0.25, -0.2) is 0 Å². The molecular weight excluding hydrogens is 240 g/mol. The van der Waals surface area contributed by atoms with Crippen LogP contribution >= 0.6 is 0 Å².